The highest BCUT2D eigenvalue weighted by Crippen LogP contribution is 2.28. The number of halogens is 1. The minimum atomic E-state index is -0.121. The predicted molar refractivity (Wildman–Crippen MR) is 86.8 cm³/mol. The summed E-state index contributed by atoms with van der Waals surface area (Å²) in [6.07, 6.45) is 2.81. The Morgan fingerprint density at radius 2 is 2.10 bits per heavy atom. The van der Waals surface area contributed by atoms with Gasteiger partial charge in [-0.05, 0) is 33.5 Å². The van der Waals surface area contributed by atoms with E-state index >= 15 is 0 Å². The molecule has 0 fully saturated rings. The Morgan fingerprint density at radius 1 is 1.38 bits per heavy atom. The molecular weight excluding hydrogens is 332 g/mol. The third-order valence-electron chi connectivity index (χ3n) is 3.50. The topological polar surface area (TPSA) is 65.1 Å². The fourth-order valence-electron chi connectivity index (χ4n) is 2.29. The molecule has 21 heavy (non-hydrogen) atoms. The zero-order chi connectivity index (χ0) is 15.2. The smallest absolute Gasteiger partial charge is 0.0889 e. The molecule has 2 rings (SSSR count). The zero-order valence-corrected chi connectivity index (χ0v) is 13.9. The maximum Gasteiger partial charge on any atom is 0.0889 e. The third kappa shape index (κ3) is 3.71. The molecule has 1 aromatic heterocycles. The van der Waals surface area contributed by atoms with Crippen LogP contribution in [-0.4, -0.2) is 23.5 Å². The maximum absolute atomic E-state index is 5.79. The first-order valence-corrected chi connectivity index (χ1v) is 7.75. The summed E-state index contributed by atoms with van der Waals surface area (Å²) in [5.74, 6) is 5.79. The van der Waals surface area contributed by atoms with Gasteiger partial charge in [0.2, 0.25) is 0 Å². The van der Waals surface area contributed by atoms with Gasteiger partial charge in [0.25, 0.3) is 0 Å². The summed E-state index contributed by atoms with van der Waals surface area (Å²) in [4.78, 5) is 0. The minimum absolute atomic E-state index is 0.121. The second-order valence-corrected chi connectivity index (χ2v) is 5.64. The molecule has 0 bridgehead atoms. The van der Waals surface area contributed by atoms with Crippen LogP contribution in [0.1, 0.15) is 29.8 Å². The molecule has 114 valence electrons. The molecule has 0 aliphatic rings. The number of nitrogens with two attached hydrogens (primary N) is 1. The van der Waals surface area contributed by atoms with E-state index in [0.717, 1.165) is 22.2 Å². The van der Waals surface area contributed by atoms with Crippen LogP contribution in [0, 0.1) is 0 Å². The zero-order valence-electron chi connectivity index (χ0n) is 12.3. The van der Waals surface area contributed by atoms with E-state index in [1.807, 2.05) is 4.68 Å². The van der Waals surface area contributed by atoms with Crippen molar-refractivity contribution in [3.05, 3.63) is 51.8 Å². The van der Waals surface area contributed by atoms with Crippen LogP contribution in [0.5, 0.6) is 0 Å². The molecule has 1 atom stereocenters. The molecule has 1 aromatic carbocycles. The van der Waals surface area contributed by atoms with E-state index in [2.05, 4.69) is 57.6 Å². The first-order valence-electron chi connectivity index (χ1n) is 6.96. The van der Waals surface area contributed by atoms with Gasteiger partial charge in [0.1, 0.15) is 0 Å². The monoisotopic (exact) mass is 352 g/mol. The summed E-state index contributed by atoms with van der Waals surface area (Å²) in [5.41, 5.74) is 6.30. The lowest BCUT2D eigenvalue weighted by molar-refractivity contribution is 0.182. The van der Waals surface area contributed by atoms with Crippen molar-refractivity contribution in [1.82, 2.24) is 15.2 Å². The molecule has 1 heterocycles. The Labute approximate surface area is 133 Å². The lowest BCUT2D eigenvalue weighted by atomic mass is 10.0. The Hall–Kier alpha value is -1.21. The standard InChI is InChI=1S/C15H21BrN4O/c1-3-11-4-6-12(7-5-11)14(19-17)15-13(16)10-18-20(15)8-9-21-2/h4-7,10,14,19H,3,8-9,17H2,1-2H3. The Kier molecular flexibility index (Phi) is 5.93. The van der Waals surface area contributed by atoms with E-state index in [9.17, 15) is 0 Å². The van der Waals surface area contributed by atoms with E-state index in [4.69, 9.17) is 10.6 Å². The van der Waals surface area contributed by atoms with Gasteiger partial charge in [-0.3, -0.25) is 10.5 Å². The molecule has 0 saturated carbocycles. The summed E-state index contributed by atoms with van der Waals surface area (Å²) in [6.45, 7) is 3.43. The van der Waals surface area contributed by atoms with Gasteiger partial charge in [0.15, 0.2) is 0 Å². The summed E-state index contributed by atoms with van der Waals surface area (Å²) >= 11 is 3.56. The third-order valence-corrected chi connectivity index (χ3v) is 4.11. The van der Waals surface area contributed by atoms with Crippen LogP contribution in [0.4, 0.5) is 0 Å². The van der Waals surface area contributed by atoms with Gasteiger partial charge >= 0.3 is 0 Å². The maximum atomic E-state index is 5.79. The second kappa shape index (κ2) is 7.70. The average molecular weight is 353 g/mol. The number of hydrogen-bond acceptors (Lipinski definition) is 4. The number of benzene rings is 1. The quantitative estimate of drug-likeness (QED) is 0.593. The number of nitrogens with zero attached hydrogens (tertiary/aromatic N) is 2. The molecule has 0 aliphatic heterocycles. The number of ether oxygens (including phenoxy) is 1. The summed E-state index contributed by atoms with van der Waals surface area (Å²) in [6, 6.07) is 8.34. The van der Waals surface area contributed by atoms with Gasteiger partial charge in [0.05, 0.1) is 35.6 Å². The molecule has 2 aromatic rings. The largest absolute Gasteiger partial charge is 0.383 e. The van der Waals surface area contributed by atoms with Crippen molar-refractivity contribution >= 4 is 15.9 Å². The van der Waals surface area contributed by atoms with E-state index in [0.29, 0.717) is 13.2 Å². The number of nitrogens with one attached hydrogen (secondary N) is 1. The van der Waals surface area contributed by atoms with E-state index in [1.54, 1.807) is 13.3 Å². The predicted octanol–water partition coefficient (Wildman–Crippen LogP) is 2.41. The van der Waals surface area contributed by atoms with Crippen LogP contribution in [0.2, 0.25) is 0 Å². The van der Waals surface area contributed by atoms with Gasteiger partial charge in [-0.2, -0.15) is 5.10 Å². The molecular formula is C15H21BrN4O. The van der Waals surface area contributed by atoms with Crippen LogP contribution >= 0.6 is 15.9 Å². The van der Waals surface area contributed by atoms with Crippen molar-refractivity contribution in [1.29, 1.82) is 0 Å². The van der Waals surface area contributed by atoms with Crippen molar-refractivity contribution < 1.29 is 4.74 Å². The van der Waals surface area contributed by atoms with Crippen molar-refractivity contribution in [2.75, 3.05) is 13.7 Å². The number of methoxy groups -OCH3 is 1. The number of hydrazine groups is 1. The fourth-order valence-corrected chi connectivity index (χ4v) is 2.82. The molecule has 0 radical (unpaired) electrons. The van der Waals surface area contributed by atoms with Crippen molar-refractivity contribution in [3.8, 4) is 0 Å². The summed E-state index contributed by atoms with van der Waals surface area (Å²) in [7, 11) is 1.68. The Morgan fingerprint density at radius 3 is 2.67 bits per heavy atom. The Bertz CT molecular complexity index is 568. The van der Waals surface area contributed by atoms with E-state index in [1.165, 1.54) is 5.56 Å². The van der Waals surface area contributed by atoms with Gasteiger partial charge in [-0.25, -0.2) is 5.43 Å². The van der Waals surface area contributed by atoms with Gasteiger partial charge < -0.3 is 4.74 Å². The lowest BCUT2D eigenvalue weighted by Crippen LogP contribution is -2.31. The van der Waals surface area contributed by atoms with Crippen LogP contribution in [0.25, 0.3) is 0 Å². The van der Waals surface area contributed by atoms with E-state index < -0.39 is 0 Å². The van der Waals surface area contributed by atoms with E-state index in [-0.39, 0.29) is 6.04 Å². The average Bonchev–Trinajstić information content (AvgIpc) is 2.88. The highest BCUT2D eigenvalue weighted by atomic mass is 79.9. The molecule has 0 spiro atoms. The number of aromatic nitrogens is 2. The Balaban J connectivity index is 2.33. The van der Waals surface area contributed by atoms with Crippen LogP contribution in [-0.2, 0) is 17.7 Å². The van der Waals surface area contributed by atoms with Gasteiger partial charge in [0, 0.05) is 7.11 Å². The fraction of sp³-hybridized carbons (Fsp3) is 0.400. The molecule has 1 unspecified atom stereocenters. The SMILES string of the molecule is CCc1ccc(C(NN)c2c(Br)cnn2CCOC)cc1. The highest BCUT2D eigenvalue weighted by molar-refractivity contribution is 9.10. The molecule has 6 heteroatoms. The number of aryl methyl sites for hydroxylation is 1. The minimum Gasteiger partial charge on any atom is -0.383 e. The highest BCUT2D eigenvalue weighted by Gasteiger charge is 2.20. The van der Waals surface area contributed by atoms with Crippen molar-refractivity contribution in [2.45, 2.75) is 25.9 Å². The molecule has 3 N–H and O–H groups in total. The first-order chi connectivity index (χ1) is 10.2. The van der Waals surface area contributed by atoms with Crippen molar-refractivity contribution in [2.24, 2.45) is 5.84 Å². The van der Waals surface area contributed by atoms with Crippen molar-refractivity contribution in [3.63, 3.8) is 0 Å². The van der Waals surface area contributed by atoms with Crippen LogP contribution < -0.4 is 11.3 Å². The van der Waals surface area contributed by atoms with Crippen LogP contribution in [0.15, 0.2) is 34.9 Å². The number of hydrogen-bond donors (Lipinski definition) is 2. The second-order valence-electron chi connectivity index (χ2n) is 4.79. The molecule has 0 saturated heterocycles. The molecule has 0 aliphatic carbocycles. The van der Waals surface area contributed by atoms with Crippen LogP contribution in [0.3, 0.4) is 0 Å². The lowest BCUT2D eigenvalue weighted by Gasteiger charge is -2.19. The summed E-state index contributed by atoms with van der Waals surface area (Å²) in [5, 5.41) is 4.38. The normalized spacial score (nSPS) is 12.6. The van der Waals surface area contributed by atoms with Gasteiger partial charge in [-0.15, -0.1) is 0 Å². The molecule has 5 nitrogen and oxygen atoms in total. The number of rotatable bonds is 7. The first kappa shape index (κ1) is 16.2. The molecule has 0 amide bonds. The van der Waals surface area contributed by atoms with Gasteiger partial charge in [-0.1, -0.05) is 31.2 Å². The summed E-state index contributed by atoms with van der Waals surface area (Å²) < 4.78 is 7.97.